The smallest absolute Gasteiger partial charge is 0.336 e. The van der Waals surface area contributed by atoms with Crippen LogP contribution in [0.4, 0.5) is 5.69 Å². The number of ether oxygens (including phenoxy) is 5. The molecule has 0 fully saturated rings. The van der Waals surface area contributed by atoms with Crippen molar-refractivity contribution in [3.05, 3.63) is 117 Å². The van der Waals surface area contributed by atoms with E-state index in [1.54, 1.807) is 68.4 Å². The van der Waals surface area contributed by atoms with E-state index in [9.17, 15) is 24.8 Å². The molecule has 0 aromatic heterocycles. The molecule has 1 heterocycles. The number of carbonyl (C=O) groups excluding carboxylic acids is 2. The molecule has 1 aliphatic heterocycles. The minimum Gasteiger partial charge on any atom is -0.493 e. The molecule has 3 aromatic carbocycles. The lowest BCUT2D eigenvalue weighted by molar-refractivity contribution is -0.384. The van der Waals surface area contributed by atoms with Crippen molar-refractivity contribution in [1.29, 1.82) is 5.26 Å². The first-order valence-corrected chi connectivity index (χ1v) is 16.2. The number of aliphatic hydroxyl groups excluding tert-OH is 1. The molecule has 14 heteroatoms. The van der Waals surface area contributed by atoms with E-state index in [1.165, 1.54) is 25.3 Å². The highest BCUT2D eigenvalue weighted by Gasteiger charge is 2.38. The summed E-state index contributed by atoms with van der Waals surface area (Å²) in [5.41, 5.74) is 1.83. The number of para-hydroxylation sites is 1. The van der Waals surface area contributed by atoms with Crippen molar-refractivity contribution in [2.45, 2.75) is 32.3 Å². The summed E-state index contributed by atoms with van der Waals surface area (Å²) in [6.07, 6.45) is -0.391. The van der Waals surface area contributed by atoms with Crippen LogP contribution in [-0.4, -0.2) is 74.7 Å². The maximum absolute atomic E-state index is 13.4. The van der Waals surface area contributed by atoms with E-state index in [2.05, 4.69) is 16.7 Å². The molecule has 2 unspecified atom stereocenters. The average molecular weight is 701 g/mol. The first-order valence-electron chi connectivity index (χ1n) is 16.2. The number of allylic oxidation sites excluding steroid dienone is 2. The zero-order valence-electron chi connectivity index (χ0n) is 28.5. The van der Waals surface area contributed by atoms with Gasteiger partial charge in [-0.15, -0.1) is 0 Å². The molecule has 14 nitrogen and oxygen atoms in total. The highest BCUT2D eigenvalue weighted by molar-refractivity contribution is 5.99. The number of esters is 2. The number of benzene rings is 3. The minimum atomic E-state index is -0.940. The van der Waals surface area contributed by atoms with Gasteiger partial charge in [-0.25, -0.2) is 9.59 Å². The molecule has 3 N–H and O–H groups in total. The van der Waals surface area contributed by atoms with Gasteiger partial charge in [0.25, 0.3) is 5.69 Å². The molecule has 0 saturated carbocycles. The van der Waals surface area contributed by atoms with Crippen LogP contribution in [0.25, 0.3) is 0 Å². The number of hydrogen-bond donors (Lipinski definition) is 3. The lowest BCUT2D eigenvalue weighted by Crippen LogP contribution is -2.33. The number of carbonyl (C=O) groups is 2. The normalized spacial score (nSPS) is 14.5. The van der Waals surface area contributed by atoms with Gasteiger partial charge < -0.3 is 39.4 Å². The Morgan fingerprint density at radius 3 is 2.27 bits per heavy atom. The number of nitriles is 1. The van der Waals surface area contributed by atoms with Crippen molar-refractivity contribution in [1.82, 2.24) is 10.6 Å². The third-order valence-corrected chi connectivity index (χ3v) is 7.78. The standard InChI is InChI=1S/C37H40N4O10/c1-24-33(36(43)47-3)35(26-9-6-10-28(20-26)41(45)46)34(25(2)40-24)37(44)50-18-7-17-48-30-12-14-31(15-13-30)49-19-16-39-22-29(42)23-51-32-11-5-4-8-27(32)21-38/h4-6,8-15,20,29,35,39-40,42H,7,16-19,22-23H2,1-3H3. The van der Waals surface area contributed by atoms with Gasteiger partial charge in [-0.05, 0) is 55.8 Å². The van der Waals surface area contributed by atoms with Crippen molar-refractivity contribution >= 4 is 17.6 Å². The highest BCUT2D eigenvalue weighted by atomic mass is 16.6. The fourth-order valence-corrected chi connectivity index (χ4v) is 5.36. The minimum absolute atomic E-state index is 0.0235. The Balaban J connectivity index is 1.19. The molecule has 0 radical (unpaired) electrons. The summed E-state index contributed by atoms with van der Waals surface area (Å²) in [7, 11) is 1.23. The van der Waals surface area contributed by atoms with Crippen molar-refractivity contribution < 1.29 is 43.3 Å². The molecule has 1 aliphatic rings. The molecular weight excluding hydrogens is 660 g/mol. The molecule has 0 bridgehead atoms. The molecule has 51 heavy (non-hydrogen) atoms. The third-order valence-electron chi connectivity index (χ3n) is 7.78. The molecule has 2 atom stereocenters. The van der Waals surface area contributed by atoms with Gasteiger partial charge in [0.1, 0.15) is 42.6 Å². The summed E-state index contributed by atoms with van der Waals surface area (Å²) < 4.78 is 27.6. The first-order chi connectivity index (χ1) is 24.6. The predicted molar refractivity (Wildman–Crippen MR) is 185 cm³/mol. The van der Waals surface area contributed by atoms with E-state index in [-0.39, 0.29) is 43.2 Å². The zero-order valence-corrected chi connectivity index (χ0v) is 28.5. The topological polar surface area (TPSA) is 192 Å². The second kappa shape index (κ2) is 18.7. The van der Waals surface area contributed by atoms with E-state index < -0.39 is 28.9 Å². The monoisotopic (exact) mass is 700 g/mol. The summed E-state index contributed by atoms with van der Waals surface area (Å²) in [4.78, 5) is 37.1. The SMILES string of the molecule is COC(=O)C1=C(C)NC(C)=C(C(=O)OCCCOc2ccc(OCCNCC(O)COc3ccccc3C#N)cc2)C1c1cccc([N+](=O)[O-])c1. The number of methoxy groups -OCH3 is 1. The number of dihydropyridines is 1. The Labute approximate surface area is 295 Å². The maximum Gasteiger partial charge on any atom is 0.336 e. The maximum atomic E-state index is 13.4. The van der Waals surface area contributed by atoms with Crippen LogP contribution in [0.5, 0.6) is 17.2 Å². The Hall–Kier alpha value is -5.91. The van der Waals surface area contributed by atoms with E-state index in [0.29, 0.717) is 59.3 Å². The van der Waals surface area contributed by atoms with Gasteiger partial charge in [-0.1, -0.05) is 24.3 Å². The molecule has 0 amide bonds. The number of non-ortho nitro benzene ring substituents is 1. The van der Waals surface area contributed by atoms with Crippen LogP contribution in [0.15, 0.2) is 95.3 Å². The number of nitrogens with zero attached hydrogens (tertiary/aromatic N) is 2. The van der Waals surface area contributed by atoms with Crippen molar-refractivity contribution in [3.63, 3.8) is 0 Å². The van der Waals surface area contributed by atoms with Crippen LogP contribution >= 0.6 is 0 Å². The Bertz CT molecular complexity index is 1800. The van der Waals surface area contributed by atoms with Crippen molar-refractivity contribution in [2.75, 3.05) is 46.6 Å². The van der Waals surface area contributed by atoms with Crippen LogP contribution in [0, 0.1) is 21.4 Å². The van der Waals surface area contributed by atoms with Crippen LogP contribution in [0.3, 0.4) is 0 Å². The van der Waals surface area contributed by atoms with Crippen LogP contribution in [0.2, 0.25) is 0 Å². The Morgan fingerprint density at radius 2 is 1.61 bits per heavy atom. The second-order valence-electron chi connectivity index (χ2n) is 11.4. The van der Waals surface area contributed by atoms with Gasteiger partial charge in [0.15, 0.2) is 0 Å². The summed E-state index contributed by atoms with van der Waals surface area (Å²) in [5.74, 6) is -0.631. The number of aliphatic hydroxyl groups is 1. The zero-order chi connectivity index (χ0) is 36.8. The van der Waals surface area contributed by atoms with Gasteiger partial charge in [-0.3, -0.25) is 10.1 Å². The summed E-state index contributed by atoms with van der Waals surface area (Å²) in [6.45, 7) is 4.80. The quantitative estimate of drug-likeness (QED) is 0.0738. The molecule has 0 aliphatic carbocycles. The summed E-state index contributed by atoms with van der Waals surface area (Å²) >= 11 is 0. The van der Waals surface area contributed by atoms with Gasteiger partial charge in [0, 0.05) is 43.0 Å². The number of nitrogens with one attached hydrogen (secondary N) is 2. The van der Waals surface area contributed by atoms with Gasteiger partial charge in [0.2, 0.25) is 0 Å². The number of hydrogen-bond acceptors (Lipinski definition) is 13. The van der Waals surface area contributed by atoms with Crippen LogP contribution < -0.4 is 24.8 Å². The second-order valence-corrected chi connectivity index (χ2v) is 11.4. The predicted octanol–water partition coefficient (Wildman–Crippen LogP) is 4.29. The average Bonchev–Trinajstić information content (AvgIpc) is 3.13. The lowest BCUT2D eigenvalue weighted by atomic mass is 9.80. The molecule has 3 aromatic rings. The fourth-order valence-electron chi connectivity index (χ4n) is 5.36. The highest BCUT2D eigenvalue weighted by Crippen LogP contribution is 2.40. The lowest BCUT2D eigenvalue weighted by Gasteiger charge is -2.30. The number of rotatable bonds is 18. The number of nitro groups is 1. The molecule has 268 valence electrons. The van der Waals surface area contributed by atoms with E-state index in [0.717, 1.165) is 0 Å². The molecule has 0 saturated heterocycles. The molecular formula is C37H40N4O10. The van der Waals surface area contributed by atoms with E-state index in [4.69, 9.17) is 28.9 Å². The van der Waals surface area contributed by atoms with Crippen molar-refractivity contribution in [3.8, 4) is 23.3 Å². The summed E-state index contributed by atoms with van der Waals surface area (Å²) in [5, 5.41) is 36.9. The first kappa shape index (κ1) is 37.9. The van der Waals surface area contributed by atoms with E-state index >= 15 is 0 Å². The Kier molecular flexibility index (Phi) is 13.9. The number of nitro benzene ring substituents is 1. The van der Waals surface area contributed by atoms with Gasteiger partial charge in [-0.2, -0.15) is 5.26 Å². The molecule has 0 spiro atoms. The van der Waals surface area contributed by atoms with Crippen LogP contribution in [0.1, 0.15) is 37.3 Å². The van der Waals surface area contributed by atoms with Crippen LogP contribution in [-0.2, 0) is 19.1 Å². The largest absolute Gasteiger partial charge is 0.493 e. The summed E-state index contributed by atoms with van der Waals surface area (Å²) in [6, 6.07) is 21.7. The molecule has 4 rings (SSSR count). The van der Waals surface area contributed by atoms with E-state index in [1.807, 2.05) is 0 Å². The third kappa shape index (κ3) is 10.5. The van der Waals surface area contributed by atoms with Gasteiger partial charge >= 0.3 is 11.9 Å². The van der Waals surface area contributed by atoms with Crippen molar-refractivity contribution in [2.24, 2.45) is 0 Å². The fraction of sp³-hybridized carbons (Fsp3) is 0.324. The van der Waals surface area contributed by atoms with Gasteiger partial charge in [0.05, 0.1) is 47.9 Å². The Morgan fingerprint density at radius 1 is 0.941 bits per heavy atom.